The van der Waals surface area contributed by atoms with Crippen LogP contribution in [0, 0.1) is 0 Å². The van der Waals surface area contributed by atoms with Crippen molar-refractivity contribution in [2.45, 2.75) is 26.0 Å². The number of furan rings is 1. The van der Waals surface area contributed by atoms with Gasteiger partial charge in [0.2, 0.25) is 0 Å². The van der Waals surface area contributed by atoms with Crippen LogP contribution < -0.4 is 10.1 Å². The standard InChI is InChI=1S/C16H21NO4/c1-3-20-13-6-7-14(18)12(9-13)10-17-11-16(2,19)15-5-4-8-21-15/h4-9,17-19H,3,10-11H2,1-2H3. The Kier molecular flexibility index (Phi) is 4.88. The Morgan fingerprint density at radius 2 is 2.14 bits per heavy atom. The Balaban J connectivity index is 1.95. The lowest BCUT2D eigenvalue weighted by Crippen LogP contribution is -2.34. The van der Waals surface area contributed by atoms with E-state index in [0.717, 1.165) is 5.56 Å². The normalized spacial score (nSPS) is 13.9. The first-order valence-electron chi connectivity index (χ1n) is 6.94. The number of aliphatic hydroxyl groups is 1. The molecular formula is C16H21NO4. The third kappa shape index (κ3) is 4.00. The average molecular weight is 291 g/mol. The molecule has 0 bridgehead atoms. The molecule has 0 fully saturated rings. The molecule has 1 atom stereocenters. The van der Waals surface area contributed by atoms with Crippen molar-refractivity contribution in [2.75, 3.05) is 13.2 Å². The predicted octanol–water partition coefficient (Wildman–Crippen LogP) is 2.38. The lowest BCUT2D eigenvalue weighted by molar-refractivity contribution is 0.0340. The number of nitrogens with one attached hydrogen (secondary N) is 1. The van der Waals surface area contributed by atoms with E-state index in [2.05, 4.69) is 5.32 Å². The van der Waals surface area contributed by atoms with Crippen molar-refractivity contribution in [3.8, 4) is 11.5 Å². The maximum absolute atomic E-state index is 10.3. The van der Waals surface area contributed by atoms with Crippen molar-refractivity contribution in [1.82, 2.24) is 5.32 Å². The van der Waals surface area contributed by atoms with Crippen LogP contribution in [-0.2, 0) is 12.1 Å². The molecule has 1 unspecified atom stereocenters. The lowest BCUT2D eigenvalue weighted by atomic mass is 10.0. The molecule has 0 aliphatic carbocycles. The van der Waals surface area contributed by atoms with Crippen molar-refractivity contribution in [3.63, 3.8) is 0 Å². The molecule has 0 saturated heterocycles. The van der Waals surface area contributed by atoms with Crippen LogP contribution >= 0.6 is 0 Å². The molecule has 0 aliphatic heterocycles. The average Bonchev–Trinajstić information content (AvgIpc) is 2.97. The van der Waals surface area contributed by atoms with Crippen molar-refractivity contribution in [1.29, 1.82) is 0 Å². The van der Waals surface area contributed by atoms with E-state index in [0.29, 0.717) is 31.2 Å². The van der Waals surface area contributed by atoms with E-state index in [9.17, 15) is 10.2 Å². The number of benzene rings is 1. The minimum Gasteiger partial charge on any atom is -0.508 e. The number of phenolic OH excluding ortho intramolecular Hbond substituents is 1. The summed E-state index contributed by atoms with van der Waals surface area (Å²) in [6.07, 6.45) is 1.53. The first-order valence-corrected chi connectivity index (χ1v) is 6.94. The summed E-state index contributed by atoms with van der Waals surface area (Å²) in [6.45, 7) is 4.88. The zero-order valence-corrected chi connectivity index (χ0v) is 12.3. The van der Waals surface area contributed by atoms with Gasteiger partial charge in [-0.3, -0.25) is 0 Å². The quantitative estimate of drug-likeness (QED) is 0.730. The van der Waals surface area contributed by atoms with Crippen LogP contribution in [0.15, 0.2) is 41.0 Å². The number of phenols is 1. The maximum Gasteiger partial charge on any atom is 0.136 e. The largest absolute Gasteiger partial charge is 0.508 e. The van der Waals surface area contributed by atoms with Crippen LogP contribution in [0.4, 0.5) is 0 Å². The molecule has 5 nitrogen and oxygen atoms in total. The summed E-state index contributed by atoms with van der Waals surface area (Å²) in [7, 11) is 0. The van der Waals surface area contributed by atoms with Crippen molar-refractivity contribution in [2.24, 2.45) is 0 Å². The molecule has 0 amide bonds. The van der Waals surface area contributed by atoms with E-state index in [1.54, 1.807) is 37.3 Å². The van der Waals surface area contributed by atoms with Crippen molar-refractivity contribution in [3.05, 3.63) is 47.9 Å². The first kappa shape index (κ1) is 15.4. The summed E-state index contributed by atoms with van der Waals surface area (Å²) >= 11 is 0. The molecule has 1 heterocycles. The zero-order valence-electron chi connectivity index (χ0n) is 12.3. The van der Waals surface area contributed by atoms with Gasteiger partial charge in [-0.15, -0.1) is 0 Å². The van der Waals surface area contributed by atoms with Gasteiger partial charge in [-0.1, -0.05) is 0 Å². The monoisotopic (exact) mass is 291 g/mol. The third-order valence-electron chi connectivity index (χ3n) is 3.20. The predicted molar refractivity (Wildman–Crippen MR) is 79.3 cm³/mol. The second kappa shape index (κ2) is 6.65. The number of hydrogen-bond acceptors (Lipinski definition) is 5. The molecule has 0 saturated carbocycles. The van der Waals surface area contributed by atoms with Crippen molar-refractivity contribution < 1.29 is 19.4 Å². The summed E-state index contributed by atoms with van der Waals surface area (Å²) in [5.74, 6) is 1.41. The van der Waals surface area contributed by atoms with E-state index in [-0.39, 0.29) is 5.75 Å². The number of aromatic hydroxyl groups is 1. The number of ether oxygens (including phenoxy) is 1. The van der Waals surface area contributed by atoms with Gasteiger partial charge in [0.05, 0.1) is 12.9 Å². The minimum atomic E-state index is -1.10. The molecule has 1 aromatic carbocycles. The Morgan fingerprint density at radius 1 is 1.33 bits per heavy atom. The molecular weight excluding hydrogens is 270 g/mol. The van der Waals surface area contributed by atoms with Gasteiger partial charge in [0.15, 0.2) is 0 Å². The van der Waals surface area contributed by atoms with Crippen LogP contribution in [0.3, 0.4) is 0 Å². The Hall–Kier alpha value is -1.98. The van der Waals surface area contributed by atoms with E-state index in [1.807, 2.05) is 6.92 Å². The minimum absolute atomic E-state index is 0.198. The molecule has 0 aliphatic rings. The van der Waals surface area contributed by atoms with Crippen LogP contribution in [0.2, 0.25) is 0 Å². The summed E-state index contributed by atoms with van der Waals surface area (Å²) < 4.78 is 10.6. The molecule has 0 radical (unpaired) electrons. The number of hydrogen-bond donors (Lipinski definition) is 3. The van der Waals surface area contributed by atoms with Crippen LogP contribution in [0.1, 0.15) is 25.2 Å². The van der Waals surface area contributed by atoms with Crippen molar-refractivity contribution >= 4 is 0 Å². The molecule has 114 valence electrons. The summed E-state index contributed by atoms with van der Waals surface area (Å²) in [5.41, 5.74) is -0.382. The number of rotatable bonds is 7. The van der Waals surface area contributed by atoms with Gasteiger partial charge in [-0.25, -0.2) is 0 Å². The van der Waals surface area contributed by atoms with Gasteiger partial charge in [0.1, 0.15) is 22.9 Å². The summed E-state index contributed by atoms with van der Waals surface area (Å²) in [6, 6.07) is 8.58. The van der Waals surface area contributed by atoms with Gasteiger partial charge >= 0.3 is 0 Å². The Bertz CT molecular complexity index is 564. The Labute approximate surface area is 124 Å². The molecule has 2 aromatic rings. The van der Waals surface area contributed by atoms with E-state index in [4.69, 9.17) is 9.15 Å². The molecule has 2 rings (SSSR count). The smallest absolute Gasteiger partial charge is 0.136 e. The van der Waals surface area contributed by atoms with E-state index >= 15 is 0 Å². The summed E-state index contributed by atoms with van der Waals surface area (Å²) in [4.78, 5) is 0. The maximum atomic E-state index is 10.3. The third-order valence-corrected chi connectivity index (χ3v) is 3.20. The topological polar surface area (TPSA) is 74.9 Å². The SMILES string of the molecule is CCOc1ccc(O)c(CNCC(C)(O)c2ccco2)c1. The van der Waals surface area contributed by atoms with Gasteiger partial charge in [-0.2, -0.15) is 0 Å². The molecule has 3 N–H and O–H groups in total. The zero-order chi connectivity index (χ0) is 15.3. The van der Waals surface area contributed by atoms with Gasteiger partial charge in [0, 0.05) is 18.7 Å². The van der Waals surface area contributed by atoms with Crippen LogP contribution in [0.25, 0.3) is 0 Å². The van der Waals surface area contributed by atoms with Gasteiger partial charge in [-0.05, 0) is 44.2 Å². The molecule has 5 heteroatoms. The second-order valence-corrected chi connectivity index (χ2v) is 5.08. The molecule has 21 heavy (non-hydrogen) atoms. The van der Waals surface area contributed by atoms with E-state index in [1.165, 1.54) is 6.26 Å². The fraction of sp³-hybridized carbons (Fsp3) is 0.375. The highest BCUT2D eigenvalue weighted by Gasteiger charge is 2.25. The van der Waals surface area contributed by atoms with E-state index < -0.39 is 5.60 Å². The highest BCUT2D eigenvalue weighted by atomic mass is 16.5. The highest BCUT2D eigenvalue weighted by molar-refractivity contribution is 5.39. The highest BCUT2D eigenvalue weighted by Crippen LogP contribution is 2.24. The summed E-state index contributed by atoms with van der Waals surface area (Å²) in [5, 5.41) is 23.3. The fourth-order valence-corrected chi connectivity index (χ4v) is 2.07. The Morgan fingerprint density at radius 3 is 2.81 bits per heavy atom. The fourth-order valence-electron chi connectivity index (χ4n) is 2.07. The van der Waals surface area contributed by atoms with Gasteiger partial charge in [0.25, 0.3) is 0 Å². The molecule has 1 aromatic heterocycles. The van der Waals surface area contributed by atoms with Crippen LogP contribution in [-0.4, -0.2) is 23.4 Å². The van der Waals surface area contributed by atoms with Crippen LogP contribution in [0.5, 0.6) is 11.5 Å². The second-order valence-electron chi connectivity index (χ2n) is 5.08. The first-order chi connectivity index (χ1) is 10.0. The lowest BCUT2D eigenvalue weighted by Gasteiger charge is -2.21. The molecule has 0 spiro atoms. The van der Waals surface area contributed by atoms with Gasteiger partial charge < -0.3 is 24.7 Å².